The summed E-state index contributed by atoms with van der Waals surface area (Å²) in [4.78, 5) is 32.7. The Kier molecular flexibility index (Phi) is 33.7. The van der Waals surface area contributed by atoms with Crippen molar-refractivity contribution in [3.8, 4) is 34.0 Å². The number of benzene rings is 5. The number of nitrogens with zero attached hydrogens (tertiary/aromatic N) is 14. The number of aliphatic hydroxyl groups excluding tert-OH is 1. The fourth-order valence-corrected chi connectivity index (χ4v) is 17.5. The van der Waals surface area contributed by atoms with Crippen molar-refractivity contribution >= 4 is 130 Å². The third kappa shape index (κ3) is 26.1. The minimum absolute atomic E-state index is 0.0666. The van der Waals surface area contributed by atoms with Gasteiger partial charge in [-0.25, -0.2) is 9.97 Å². The number of piperazine rings is 2. The second kappa shape index (κ2) is 42.6. The lowest BCUT2D eigenvalue weighted by Crippen LogP contribution is -2.52. The summed E-state index contributed by atoms with van der Waals surface area (Å²) >= 11 is 12.9. The molecular formula is C83H113Br2ClN18O8P2S. The van der Waals surface area contributed by atoms with Gasteiger partial charge >= 0.3 is 0 Å². The van der Waals surface area contributed by atoms with Gasteiger partial charge in [-0.3, -0.25) is 14.4 Å². The number of aryl methyl sites for hydroxylation is 5. The van der Waals surface area contributed by atoms with E-state index in [1.54, 1.807) is 65.4 Å². The van der Waals surface area contributed by atoms with Crippen molar-refractivity contribution in [3.05, 3.63) is 164 Å². The highest BCUT2D eigenvalue weighted by atomic mass is 79.9. The van der Waals surface area contributed by atoms with Crippen molar-refractivity contribution < 1.29 is 36.7 Å². The molecule has 0 aliphatic carbocycles. The Hall–Kier alpha value is -7.76. The normalized spacial score (nSPS) is 15.5. The summed E-state index contributed by atoms with van der Waals surface area (Å²) < 4.78 is 68.6. The Labute approximate surface area is 701 Å². The lowest BCUT2D eigenvalue weighted by Gasteiger charge is -2.43. The zero-order chi connectivity index (χ0) is 83.3. The van der Waals surface area contributed by atoms with Gasteiger partial charge in [-0.2, -0.15) is 38.8 Å². The summed E-state index contributed by atoms with van der Waals surface area (Å²) in [6.45, 7) is 33.2. The number of aromatic nitrogens is 8. The van der Waals surface area contributed by atoms with Gasteiger partial charge in [0.2, 0.25) is 11.2 Å². The van der Waals surface area contributed by atoms with E-state index < -0.39 is 24.4 Å². The third-order valence-corrected chi connectivity index (χ3v) is 26.0. The van der Waals surface area contributed by atoms with Crippen LogP contribution in [0.15, 0.2) is 135 Å². The number of halogens is 3. The molecule has 8 heterocycles. The SMILES string of the molecule is CCCCO.CCc1cc(N)c(OC)cc1N1CCC(N2CCN(C)CC2)CC1.CCc1cc(Nc2ncc(Br)c(Nc3ccc(-c4ccc(C)nn4)cc3P(C)(C)=O)n2)c(OC)cc1N1CCC(N2CCN(C)CC2)CC1.Cc1ccc(-c2ccc(Nc3nc(Cl)ncc3Br)c(P(C)(C)=O)c2)nn1.Cc1ccc(S(=O)(=O)O)cc1. The summed E-state index contributed by atoms with van der Waals surface area (Å²) in [6, 6.07) is 35.0. The lowest BCUT2D eigenvalue weighted by atomic mass is 9.99. The number of likely N-dealkylation sites (N-methyl/N-ethyl adjacent to an activating group) is 2. The Balaban J connectivity index is 0.000000192. The van der Waals surface area contributed by atoms with E-state index in [2.05, 4.69) is 172 Å². The Morgan fingerprint density at radius 1 is 0.557 bits per heavy atom. The van der Waals surface area contributed by atoms with Gasteiger partial charge in [0, 0.05) is 155 Å². The van der Waals surface area contributed by atoms with Gasteiger partial charge in [-0.1, -0.05) is 57.0 Å². The van der Waals surface area contributed by atoms with Crippen LogP contribution in [0, 0.1) is 20.8 Å². The van der Waals surface area contributed by atoms with Crippen LogP contribution in [0.25, 0.3) is 22.5 Å². The molecule has 26 nitrogen and oxygen atoms in total. The molecule has 0 saturated carbocycles. The molecule has 0 spiro atoms. The van der Waals surface area contributed by atoms with Crippen molar-refractivity contribution in [1.82, 2.24) is 59.9 Å². The van der Waals surface area contributed by atoms with Crippen molar-refractivity contribution in [3.63, 3.8) is 0 Å². The topological polar surface area (TPSA) is 312 Å². The molecule has 9 aromatic rings. The number of nitrogen functional groups attached to an aromatic ring is 1. The van der Waals surface area contributed by atoms with E-state index in [9.17, 15) is 17.5 Å². The largest absolute Gasteiger partial charge is 0.495 e. The molecule has 4 saturated heterocycles. The molecule has 13 rings (SSSR count). The fourth-order valence-electron chi connectivity index (χ4n) is 13.9. The van der Waals surface area contributed by atoms with Gasteiger partial charge in [0.05, 0.1) is 73.6 Å². The number of ether oxygens (including phenoxy) is 2. The quantitative estimate of drug-likeness (QED) is 0.0168. The molecule has 4 aliphatic rings. The number of aliphatic hydroxyl groups is 1. The average Bonchev–Trinajstić information content (AvgIpc) is 0.800. The van der Waals surface area contributed by atoms with E-state index in [4.69, 9.17) is 41.5 Å². The van der Waals surface area contributed by atoms with Crippen LogP contribution in [0.1, 0.15) is 87.4 Å². The van der Waals surface area contributed by atoms with Crippen molar-refractivity contribution in [1.29, 1.82) is 0 Å². The summed E-state index contributed by atoms with van der Waals surface area (Å²) in [5, 5.41) is 36.4. The van der Waals surface area contributed by atoms with Crippen LogP contribution in [-0.2, 0) is 32.1 Å². The maximum absolute atomic E-state index is 13.5. The highest BCUT2D eigenvalue weighted by Gasteiger charge is 2.31. The Morgan fingerprint density at radius 3 is 1.40 bits per heavy atom. The molecule has 4 fully saturated rings. The van der Waals surface area contributed by atoms with Gasteiger partial charge < -0.3 is 65.0 Å². The van der Waals surface area contributed by atoms with E-state index in [1.807, 2.05) is 81.4 Å². The van der Waals surface area contributed by atoms with E-state index in [-0.39, 0.29) is 10.2 Å². The smallest absolute Gasteiger partial charge is 0.294 e. The number of anilines is 9. The van der Waals surface area contributed by atoms with Gasteiger partial charge in [0.25, 0.3) is 10.1 Å². The van der Waals surface area contributed by atoms with Crippen molar-refractivity contribution in [2.24, 2.45) is 0 Å². The summed E-state index contributed by atoms with van der Waals surface area (Å²) in [5.41, 5.74) is 19.9. The molecule has 620 valence electrons. The number of rotatable bonds is 21. The first kappa shape index (κ1) is 91.1. The van der Waals surface area contributed by atoms with Gasteiger partial charge in [-0.05, 0) is 234 Å². The molecule has 4 aromatic heterocycles. The number of hydrogen-bond acceptors (Lipinski definition) is 25. The number of nitrogens with two attached hydrogens (primary N) is 1. The minimum Gasteiger partial charge on any atom is -0.495 e. The molecule has 5 aromatic carbocycles. The highest BCUT2D eigenvalue weighted by Crippen LogP contribution is 2.44. The molecule has 115 heavy (non-hydrogen) atoms. The molecule has 7 N–H and O–H groups in total. The number of nitrogens with one attached hydrogen (secondary N) is 3. The monoisotopic (exact) mass is 1780 g/mol. The molecule has 0 radical (unpaired) electrons. The minimum atomic E-state index is -4.02. The molecule has 0 bridgehead atoms. The fraction of sp³-hybridized carbons (Fsp3) is 0.446. The van der Waals surface area contributed by atoms with Gasteiger partial charge in [0.15, 0.2) is 0 Å². The zero-order valence-corrected chi connectivity index (χ0v) is 75.2. The first-order valence-corrected chi connectivity index (χ1v) is 47.6. The van der Waals surface area contributed by atoms with Crippen LogP contribution in [0.3, 0.4) is 0 Å². The predicted molar refractivity (Wildman–Crippen MR) is 478 cm³/mol. The van der Waals surface area contributed by atoms with Gasteiger partial charge in [0.1, 0.15) is 37.4 Å². The van der Waals surface area contributed by atoms with Crippen LogP contribution in [0.5, 0.6) is 11.5 Å². The molecule has 0 amide bonds. The van der Waals surface area contributed by atoms with E-state index in [0.717, 1.165) is 133 Å². The highest BCUT2D eigenvalue weighted by molar-refractivity contribution is 9.11. The van der Waals surface area contributed by atoms with Crippen LogP contribution < -0.4 is 51.6 Å². The molecular weight excluding hydrogens is 1670 g/mol. The van der Waals surface area contributed by atoms with Crippen LogP contribution in [0.2, 0.25) is 5.28 Å². The number of methoxy groups -OCH3 is 2. The van der Waals surface area contributed by atoms with E-state index in [1.165, 1.54) is 99.6 Å². The number of unbranched alkanes of at least 4 members (excludes halogenated alkanes) is 1. The maximum Gasteiger partial charge on any atom is 0.294 e. The standard InChI is InChI=1S/C36H47BrN9O2P.C19H32N4O.C17H16BrClN5OP.C7H8O3S.C4H10O/c1-7-25-20-31(33(48-4)22-32(25)46-14-12-27(13-15-46)45-18-16-44(3)17-19-45)40-36-38-23-28(37)35(41-36)39-30-11-9-26(21-34(30)49(5,6)47)29-10-8-24(2)42-43-29;1-4-15-13-17(20)19(24-3)14-18(15)23-7-5-16(6-8-23)22-11-9-21(2)10-12-22;1-10-4-6-13(24-23-10)11-5-7-14(15(8-11)26(2,3)25)21-16-12(18)9-20-17(19)22-16;1-6-2-4-7(5-3-6)11(8,9)10;1-2-3-4-5/h8-11,20-23,27H,7,12-19H2,1-6H3,(H2,38,39,40,41);13-14,16H,4-12,20H2,1-3H3;4-9H,1-3H3,(H,20,21,22);2-5H,1H3,(H,8,9,10);5H,2-4H2,1H3. The molecule has 0 atom stereocenters. The average molecular weight is 1780 g/mol. The van der Waals surface area contributed by atoms with E-state index >= 15 is 0 Å². The third-order valence-electron chi connectivity index (χ3n) is 20.7. The van der Waals surface area contributed by atoms with E-state index in [0.29, 0.717) is 61.2 Å². The number of piperidine rings is 2. The molecule has 4 aliphatic heterocycles. The van der Waals surface area contributed by atoms with Crippen LogP contribution >= 0.6 is 57.7 Å². The Bertz CT molecular complexity index is 4890. The summed E-state index contributed by atoms with van der Waals surface area (Å²) in [7, 11) is -1.46. The molecule has 0 unspecified atom stereocenters. The first-order valence-electron chi connectivity index (χ1n) is 39.0. The summed E-state index contributed by atoms with van der Waals surface area (Å²) in [6.07, 6.45) is 12.0. The second-order valence-electron chi connectivity index (χ2n) is 30.0. The Morgan fingerprint density at radius 2 is 1.00 bits per heavy atom. The van der Waals surface area contributed by atoms with Crippen molar-refractivity contribution in [2.75, 3.05) is 172 Å². The molecule has 32 heteroatoms. The summed E-state index contributed by atoms with van der Waals surface area (Å²) in [5.74, 6) is 3.00. The number of hydrogen-bond donors (Lipinski definition) is 6. The predicted octanol–water partition coefficient (Wildman–Crippen LogP) is 15.3. The maximum atomic E-state index is 13.5. The lowest BCUT2D eigenvalue weighted by molar-refractivity contribution is 0.0982. The van der Waals surface area contributed by atoms with Gasteiger partial charge in [-0.15, -0.1) is 0 Å². The van der Waals surface area contributed by atoms with Crippen molar-refractivity contribution in [2.45, 2.75) is 110 Å². The second-order valence-corrected chi connectivity index (χ2v) is 39.8. The zero-order valence-electron chi connectivity index (χ0n) is 68.7. The van der Waals surface area contributed by atoms with Crippen LogP contribution in [-0.4, -0.2) is 230 Å². The first-order chi connectivity index (χ1) is 54.8. The van der Waals surface area contributed by atoms with Crippen LogP contribution in [0.4, 0.5) is 51.7 Å².